The molecule has 22 N–H and O–H groups in total. The van der Waals surface area contributed by atoms with Crippen LogP contribution in [-0.4, -0.2) is 124 Å². The first-order valence-corrected chi connectivity index (χ1v) is 32.9. The molecule has 0 unspecified atom stereocenters. The monoisotopic (exact) mass is 1170 g/mol. The van der Waals surface area contributed by atoms with Gasteiger partial charge in [-0.1, -0.05) is 135 Å². The number of hydrogen-bond donors (Lipinski definition) is 12. The van der Waals surface area contributed by atoms with Crippen LogP contribution in [0.4, 0.5) is 0 Å². The molecule has 0 radical (unpaired) electrons. The highest BCUT2D eigenvalue weighted by atomic mass is 15.0. The minimum absolute atomic E-state index is 0.173. The van der Waals surface area contributed by atoms with Crippen molar-refractivity contribution in [2.45, 2.75) is 270 Å². The minimum atomic E-state index is 0.173. The summed E-state index contributed by atoms with van der Waals surface area (Å²) in [5.41, 5.74) is 59.5. The number of nitrogens with one attached hydrogen (secondary N) is 2. The molecule has 0 saturated carbocycles. The molecule has 0 aliphatic carbocycles. The fraction of sp³-hybridized carbons (Fsp3) is 0.839. The molecule has 0 aromatic carbocycles. The van der Waals surface area contributed by atoms with Crippen molar-refractivity contribution in [3.8, 4) is 0 Å². The molecule has 0 atom stereocenters. The van der Waals surface area contributed by atoms with Gasteiger partial charge in [0, 0.05) is 97.8 Å². The number of unbranched alkanes of at least 4 members (excludes halogenated alkanes) is 28. The lowest BCUT2D eigenvalue weighted by molar-refractivity contribution is 0.613. The molecule has 21 nitrogen and oxygen atoms in total. The molecule has 21 heteroatoms. The summed E-state index contributed by atoms with van der Waals surface area (Å²) >= 11 is 0. The van der Waals surface area contributed by atoms with Crippen LogP contribution in [0.15, 0.2) is 44.9 Å². The van der Waals surface area contributed by atoms with Gasteiger partial charge in [-0.05, 0) is 89.9 Å². The standard InChI is InChI=1S/C62H127N21/c1-74-53(63)37-23-9-2-20-34-48-79-60(70)51-83-59(69)43-29-15-7-21-35-49-80-61(71)52-82-58(68)42-28-14-6-19-33-47-78-56(66)40-26-12-4-17-31-45-76-54(64)38-24-10-3-16-30-44-75-55(65)39-25-11-5-18-32-46-77-57(67)41-27-13-8-22-36-50-81-62(72)73/h2-52H2,1H3,(H2,63,74)(H2,64,76)(H2,65,75)(H2,66,78)(H2,67,77)(H2,68,82)(H2,69,83)(H2,70,79)(H2,71,80)(H4,72,73,81). The minimum Gasteiger partial charge on any atom is -0.387 e. The Balaban J connectivity index is 3.68. The Bertz CT molecular complexity index is 1830. The third-order valence-electron chi connectivity index (χ3n) is 14.5. The number of amidine groups is 9. The number of guanidine groups is 1. The van der Waals surface area contributed by atoms with E-state index in [4.69, 9.17) is 62.7 Å². The third-order valence-corrected chi connectivity index (χ3v) is 14.5. The molecule has 0 spiro atoms. The molecule has 0 aromatic rings. The van der Waals surface area contributed by atoms with Crippen molar-refractivity contribution < 1.29 is 0 Å². The summed E-state index contributed by atoms with van der Waals surface area (Å²) in [4.78, 5) is 39.7. The van der Waals surface area contributed by atoms with Crippen LogP contribution in [0.1, 0.15) is 270 Å². The van der Waals surface area contributed by atoms with Gasteiger partial charge in [0.2, 0.25) is 0 Å². The highest BCUT2D eigenvalue weighted by molar-refractivity contribution is 5.88. The van der Waals surface area contributed by atoms with E-state index >= 15 is 0 Å². The molecular formula is C62H127N21. The van der Waals surface area contributed by atoms with Crippen LogP contribution in [0.5, 0.6) is 0 Å². The molecule has 0 bridgehead atoms. The number of nitrogens with zero attached hydrogens (tertiary/aromatic N) is 9. The van der Waals surface area contributed by atoms with Gasteiger partial charge in [0.15, 0.2) is 5.96 Å². The fourth-order valence-electron chi connectivity index (χ4n) is 9.27. The van der Waals surface area contributed by atoms with E-state index in [-0.39, 0.29) is 5.96 Å². The second-order valence-electron chi connectivity index (χ2n) is 22.5. The molecule has 0 fully saturated rings. The largest absolute Gasteiger partial charge is 0.387 e. The zero-order chi connectivity index (χ0) is 60.9. The van der Waals surface area contributed by atoms with Gasteiger partial charge >= 0.3 is 0 Å². The van der Waals surface area contributed by atoms with Gasteiger partial charge in [-0.2, -0.15) is 0 Å². The van der Waals surface area contributed by atoms with Crippen LogP contribution in [0.25, 0.3) is 0 Å². The fourth-order valence-corrected chi connectivity index (χ4v) is 9.27. The smallest absolute Gasteiger partial charge is 0.185 e. The average molecular weight is 1170 g/mol. The topological polar surface area (TPSA) is 407 Å². The zero-order valence-electron chi connectivity index (χ0n) is 52.9. The Morgan fingerprint density at radius 2 is 0.482 bits per heavy atom. The summed E-state index contributed by atoms with van der Waals surface area (Å²) in [6, 6.07) is 0. The summed E-state index contributed by atoms with van der Waals surface area (Å²) < 4.78 is 0. The van der Waals surface area contributed by atoms with E-state index < -0.39 is 0 Å². The van der Waals surface area contributed by atoms with Crippen LogP contribution in [0.2, 0.25) is 0 Å². The Kier molecular flexibility index (Phi) is 55.7. The lowest BCUT2D eigenvalue weighted by atomic mass is 10.1. The van der Waals surface area contributed by atoms with E-state index in [1.807, 2.05) is 0 Å². The molecule has 0 aromatic heterocycles. The first kappa shape index (κ1) is 77.5. The number of hydrogen-bond acceptors (Lipinski definition) is 10. The van der Waals surface area contributed by atoms with Crippen molar-refractivity contribution >= 4 is 58.5 Å². The van der Waals surface area contributed by atoms with Crippen LogP contribution in [0, 0.1) is 5.41 Å². The molecule has 0 aliphatic heterocycles. The van der Waals surface area contributed by atoms with Gasteiger partial charge in [0.1, 0.15) is 11.7 Å². The van der Waals surface area contributed by atoms with Crippen LogP contribution in [-0.2, 0) is 0 Å². The summed E-state index contributed by atoms with van der Waals surface area (Å²) in [7, 11) is 1.73. The van der Waals surface area contributed by atoms with E-state index in [0.29, 0.717) is 49.5 Å². The number of rotatable bonds is 60. The summed E-state index contributed by atoms with van der Waals surface area (Å²) in [6.07, 6.45) is 45.1. The Hall–Kier alpha value is -5.50. The Morgan fingerprint density at radius 1 is 0.253 bits per heavy atom. The summed E-state index contributed by atoms with van der Waals surface area (Å²) in [6.45, 7) is 6.16. The van der Waals surface area contributed by atoms with Gasteiger partial charge < -0.3 is 62.7 Å². The summed E-state index contributed by atoms with van der Waals surface area (Å²) in [5.74, 6) is 6.29. The van der Waals surface area contributed by atoms with Crippen LogP contribution in [0.3, 0.4) is 0 Å². The summed E-state index contributed by atoms with van der Waals surface area (Å²) in [5, 5.41) is 11.2. The van der Waals surface area contributed by atoms with Crippen LogP contribution >= 0.6 is 0 Å². The maximum Gasteiger partial charge on any atom is 0.185 e. The quantitative estimate of drug-likeness (QED) is 0.0154. The highest BCUT2D eigenvalue weighted by Crippen LogP contribution is 2.12. The van der Waals surface area contributed by atoms with Crippen LogP contribution < -0.4 is 62.7 Å². The number of aliphatic imine (C=N–C) groups is 9. The first-order chi connectivity index (χ1) is 40.3. The van der Waals surface area contributed by atoms with E-state index in [2.05, 4.69) is 50.2 Å². The average Bonchev–Trinajstić information content (AvgIpc) is 3.46. The Labute approximate surface area is 505 Å². The molecule has 0 rings (SSSR count). The van der Waals surface area contributed by atoms with E-state index in [1.165, 1.54) is 70.6 Å². The van der Waals surface area contributed by atoms with Crippen molar-refractivity contribution in [3.63, 3.8) is 0 Å². The molecular weight excluding hydrogens is 1040 g/mol. The molecule has 0 aliphatic rings. The molecule has 480 valence electrons. The third kappa shape index (κ3) is 60.9. The predicted molar refractivity (Wildman–Crippen MR) is 363 cm³/mol. The first-order valence-electron chi connectivity index (χ1n) is 32.9. The normalized spacial score (nSPS) is 13.3. The van der Waals surface area contributed by atoms with E-state index in [9.17, 15) is 0 Å². The number of nitrogens with two attached hydrogens (primary N) is 10. The maximum absolute atomic E-state index is 8.08. The lowest BCUT2D eigenvalue weighted by Gasteiger charge is -2.07. The molecule has 0 heterocycles. The van der Waals surface area contributed by atoms with Crippen molar-refractivity contribution in [2.24, 2.45) is 102 Å². The molecule has 0 amide bonds. The second-order valence-corrected chi connectivity index (χ2v) is 22.5. The predicted octanol–water partition coefficient (Wildman–Crippen LogP) is 9.70. The van der Waals surface area contributed by atoms with Crippen molar-refractivity contribution in [3.05, 3.63) is 0 Å². The van der Waals surface area contributed by atoms with Gasteiger partial charge in [0.25, 0.3) is 0 Å². The molecule has 83 heavy (non-hydrogen) atoms. The highest BCUT2D eigenvalue weighted by Gasteiger charge is 2.03. The van der Waals surface area contributed by atoms with E-state index in [0.717, 1.165) is 261 Å². The maximum atomic E-state index is 8.08. The lowest BCUT2D eigenvalue weighted by Crippen LogP contribution is -2.27. The molecule has 0 saturated heterocycles. The Morgan fingerprint density at radius 3 is 0.783 bits per heavy atom. The van der Waals surface area contributed by atoms with Gasteiger partial charge in [0.05, 0.1) is 53.9 Å². The van der Waals surface area contributed by atoms with Crippen molar-refractivity contribution in [1.29, 1.82) is 5.41 Å². The second kappa shape index (κ2) is 59.7. The van der Waals surface area contributed by atoms with Gasteiger partial charge in [-0.3, -0.25) is 50.3 Å². The van der Waals surface area contributed by atoms with Crippen molar-refractivity contribution in [2.75, 3.05) is 66.0 Å². The zero-order valence-corrected chi connectivity index (χ0v) is 52.9. The van der Waals surface area contributed by atoms with E-state index in [1.54, 1.807) is 7.05 Å². The van der Waals surface area contributed by atoms with Gasteiger partial charge in [-0.25, -0.2) is 0 Å². The van der Waals surface area contributed by atoms with Gasteiger partial charge in [-0.15, -0.1) is 0 Å². The van der Waals surface area contributed by atoms with Crippen molar-refractivity contribution in [1.82, 2.24) is 5.32 Å². The SMILES string of the molecule is CN=C(N)CCCCCCCNC(=N)CN=C(N)CCCCCCCN=C(N)CN=C(N)CCCCCCCN=C(N)CCCCCCCN=C(N)CCCCCCCN=C(N)CCCCCCCN=C(N)CCCCCCCN=C(N)N.